The standard InChI is InChI=1S/C8H14FN/c1-10-5-2-7(9)8(6-10)3-4-8/h7H,2-6H2,1H3. The number of rotatable bonds is 0. The molecule has 10 heavy (non-hydrogen) atoms. The Kier molecular flexibility index (Phi) is 1.28. The van der Waals surface area contributed by atoms with Gasteiger partial charge in [0, 0.05) is 18.5 Å². The number of nitrogens with zero attached hydrogens (tertiary/aromatic N) is 1. The molecule has 1 aliphatic heterocycles. The summed E-state index contributed by atoms with van der Waals surface area (Å²) in [6.45, 7) is 1.94. The number of piperidine rings is 1. The van der Waals surface area contributed by atoms with Crippen LogP contribution in [0, 0.1) is 5.41 Å². The largest absolute Gasteiger partial charge is 0.306 e. The van der Waals surface area contributed by atoms with Gasteiger partial charge in [-0.3, -0.25) is 0 Å². The molecule has 1 saturated heterocycles. The minimum Gasteiger partial charge on any atom is -0.306 e. The van der Waals surface area contributed by atoms with Crippen molar-refractivity contribution in [2.75, 3.05) is 20.1 Å². The van der Waals surface area contributed by atoms with E-state index in [4.69, 9.17) is 0 Å². The molecule has 0 N–H and O–H groups in total. The van der Waals surface area contributed by atoms with E-state index >= 15 is 0 Å². The van der Waals surface area contributed by atoms with Gasteiger partial charge < -0.3 is 4.90 Å². The molecule has 0 aromatic rings. The van der Waals surface area contributed by atoms with E-state index in [9.17, 15) is 4.39 Å². The van der Waals surface area contributed by atoms with Crippen molar-refractivity contribution < 1.29 is 4.39 Å². The first-order chi connectivity index (χ1) is 4.73. The molecule has 1 atom stereocenters. The Balaban J connectivity index is 2.03. The average molecular weight is 143 g/mol. The highest BCUT2D eigenvalue weighted by atomic mass is 19.1. The molecular weight excluding hydrogens is 129 g/mol. The average Bonchev–Trinajstić information content (AvgIpc) is 2.62. The van der Waals surface area contributed by atoms with E-state index in [1.54, 1.807) is 0 Å². The van der Waals surface area contributed by atoms with Crippen LogP contribution < -0.4 is 0 Å². The maximum Gasteiger partial charge on any atom is 0.108 e. The zero-order chi connectivity index (χ0) is 7.19. The van der Waals surface area contributed by atoms with Gasteiger partial charge in [0.1, 0.15) is 6.17 Å². The second-order valence-electron chi connectivity index (χ2n) is 3.86. The summed E-state index contributed by atoms with van der Waals surface area (Å²) < 4.78 is 13.2. The van der Waals surface area contributed by atoms with Gasteiger partial charge in [-0.2, -0.15) is 0 Å². The first kappa shape index (κ1) is 6.59. The smallest absolute Gasteiger partial charge is 0.108 e. The Morgan fingerprint density at radius 1 is 1.50 bits per heavy atom. The van der Waals surface area contributed by atoms with Crippen molar-refractivity contribution in [2.24, 2.45) is 5.41 Å². The van der Waals surface area contributed by atoms with Gasteiger partial charge >= 0.3 is 0 Å². The molecule has 0 amide bonds. The summed E-state index contributed by atoms with van der Waals surface area (Å²) in [7, 11) is 2.09. The fraction of sp³-hybridized carbons (Fsp3) is 1.00. The van der Waals surface area contributed by atoms with E-state index in [-0.39, 0.29) is 5.41 Å². The van der Waals surface area contributed by atoms with Crippen molar-refractivity contribution in [3.05, 3.63) is 0 Å². The van der Waals surface area contributed by atoms with Crippen molar-refractivity contribution >= 4 is 0 Å². The van der Waals surface area contributed by atoms with Crippen LogP contribution in [0.25, 0.3) is 0 Å². The van der Waals surface area contributed by atoms with Gasteiger partial charge in [-0.05, 0) is 26.3 Å². The number of likely N-dealkylation sites (tertiary alicyclic amines) is 1. The third kappa shape index (κ3) is 0.858. The Bertz CT molecular complexity index is 142. The lowest BCUT2D eigenvalue weighted by atomic mass is 9.93. The minimum absolute atomic E-state index is 0.118. The van der Waals surface area contributed by atoms with Crippen LogP contribution in [0.2, 0.25) is 0 Å². The SMILES string of the molecule is CN1CCC(F)C2(CC2)C1. The zero-order valence-electron chi connectivity index (χ0n) is 6.44. The second-order valence-corrected chi connectivity index (χ2v) is 3.86. The van der Waals surface area contributed by atoms with Crippen molar-refractivity contribution in [2.45, 2.75) is 25.4 Å². The quantitative estimate of drug-likeness (QED) is 0.496. The molecule has 1 aliphatic carbocycles. The second kappa shape index (κ2) is 1.94. The number of hydrogen-bond donors (Lipinski definition) is 0. The third-order valence-electron chi connectivity index (χ3n) is 2.91. The molecule has 58 valence electrons. The highest BCUT2D eigenvalue weighted by Gasteiger charge is 2.52. The molecule has 1 unspecified atom stereocenters. The van der Waals surface area contributed by atoms with Crippen molar-refractivity contribution in [3.63, 3.8) is 0 Å². The fourth-order valence-electron chi connectivity index (χ4n) is 1.99. The summed E-state index contributed by atoms with van der Waals surface area (Å²) in [5.74, 6) is 0. The van der Waals surface area contributed by atoms with Crippen LogP contribution in [-0.4, -0.2) is 31.2 Å². The molecule has 1 saturated carbocycles. The predicted molar refractivity (Wildman–Crippen MR) is 38.7 cm³/mol. The normalized spacial score (nSPS) is 38.4. The number of halogens is 1. The molecule has 1 spiro atoms. The highest BCUT2D eigenvalue weighted by molar-refractivity contribution is 5.03. The zero-order valence-corrected chi connectivity index (χ0v) is 6.44. The van der Waals surface area contributed by atoms with Crippen LogP contribution in [0.1, 0.15) is 19.3 Å². The van der Waals surface area contributed by atoms with Crippen LogP contribution >= 0.6 is 0 Å². The monoisotopic (exact) mass is 143 g/mol. The van der Waals surface area contributed by atoms with Gasteiger partial charge in [0.05, 0.1) is 0 Å². The Morgan fingerprint density at radius 2 is 2.20 bits per heavy atom. The molecule has 2 rings (SSSR count). The molecule has 2 heteroatoms. The summed E-state index contributed by atoms with van der Waals surface area (Å²) in [6, 6.07) is 0. The Morgan fingerprint density at radius 3 is 2.70 bits per heavy atom. The van der Waals surface area contributed by atoms with E-state index < -0.39 is 6.17 Å². The van der Waals surface area contributed by atoms with Gasteiger partial charge in [-0.1, -0.05) is 0 Å². The van der Waals surface area contributed by atoms with Crippen LogP contribution in [0.3, 0.4) is 0 Å². The van der Waals surface area contributed by atoms with Crippen LogP contribution in [-0.2, 0) is 0 Å². The Hall–Kier alpha value is -0.110. The first-order valence-electron chi connectivity index (χ1n) is 4.06. The summed E-state index contributed by atoms with van der Waals surface area (Å²) in [6.07, 6.45) is 2.51. The highest BCUT2D eigenvalue weighted by Crippen LogP contribution is 2.53. The van der Waals surface area contributed by atoms with Crippen LogP contribution in [0.4, 0.5) is 4.39 Å². The van der Waals surface area contributed by atoms with Gasteiger partial charge in [0.25, 0.3) is 0 Å². The number of hydrogen-bond acceptors (Lipinski definition) is 1. The topological polar surface area (TPSA) is 3.24 Å². The van der Waals surface area contributed by atoms with Crippen LogP contribution in [0.5, 0.6) is 0 Å². The van der Waals surface area contributed by atoms with E-state index in [1.807, 2.05) is 0 Å². The third-order valence-corrected chi connectivity index (χ3v) is 2.91. The summed E-state index contributed by atoms with van der Waals surface area (Å²) >= 11 is 0. The van der Waals surface area contributed by atoms with Crippen molar-refractivity contribution in [3.8, 4) is 0 Å². The molecule has 2 aliphatic rings. The van der Waals surface area contributed by atoms with E-state index in [0.717, 1.165) is 32.4 Å². The van der Waals surface area contributed by atoms with E-state index in [0.29, 0.717) is 0 Å². The number of alkyl halides is 1. The van der Waals surface area contributed by atoms with Gasteiger partial charge in [0.15, 0.2) is 0 Å². The van der Waals surface area contributed by atoms with Gasteiger partial charge in [-0.15, -0.1) is 0 Å². The summed E-state index contributed by atoms with van der Waals surface area (Å²) in [5.41, 5.74) is 0.118. The Labute approximate surface area is 61.2 Å². The first-order valence-corrected chi connectivity index (χ1v) is 4.06. The molecule has 0 bridgehead atoms. The molecule has 1 heterocycles. The maximum absolute atomic E-state index is 13.2. The maximum atomic E-state index is 13.2. The van der Waals surface area contributed by atoms with Gasteiger partial charge in [0.2, 0.25) is 0 Å². The summed E-state index contributed by atoms with van der Waals surface area (Å²) in [4.78, 5) is 2.25. The van der Waals surface area contributed by atoms with Crippen molar-refractivity contribution in [1.82, 2.24) is 4.90 Å². The fourth-order valence-corrected chi connectivity index (χ4v) is 1.99. The van der Waals surface area contributed by atoms with E-state index in [2.05, 4.69) is 11.9 Å². The van der Waals surface area contributed by atoms with Crippen molar-refractivity contribution in [1.29, 1.82) is 0 Å². The lowest BCUT2D eigenvalue weighted by molar-refractivity contribution is 0.0881. The molecule has 2 fully saturated rings. The van der Waals surface area contributed by atoms with Gasteiger partial charge in [-0.25, -0.2) is 4.39 Å². The molecule has 1 nitrogen and oxygen atoms in total. The predicted octanol–water partition coefficient (Wildman–Crippen LogP) is 1.44. The lowest BCUT2D eigenvalue weighted by Gasteiger charge is -2.32. The molecule has 0 aromatic carbocycles. The summed E-state index contributed by atoms with van der Waals surface area (Å²) in [5, 5.41) is 0. The molecular formula is C8H14FN. The lowest BCUT2D eigenvalue weighted by Crippen LogP contribution is -2.40. The van der Waals surface area contributed by atoms with E-state index in [1.165, 1.54) is 0 Å². The minimum atomic E-state index is -0.497. The van der Waals surface area contributed by atoms with Crippen LogP contribution in [0.15, 0.2) is 0 Å². The molecule has 0 aromatic heterocycles. The molecule has 0 radical (unpaired) electrons.